The van der Waals surface area contributed by atoms with E-state index in [1.165, 1.54) is 0 Å². The van der Waals surface area contributed by atoms with Crippen molar-refractivity contribution in [1.29, 1.82) is 0 Å². The third-order valence-corrected chi connectivity index (χ3v) is 7.16. The number of aliphatic hydroxyl groups is 1. The molecule has 2 bridgehead atoms. The normalized spacial score (nSPS) is 29.9. The van der Waals surface area contributed by atoms with Crippen LogP contribution in [0.5, 0.6) is 5.75 Å². The van der Waals surface area contributed by atoms with Crippen LogP contribution in [-0.4, -0.2) is 82.2 Å². The summed E-state index contributed by atoms with van der Waals surface area (Å²) < 4.78 is 13.9. The minimum absolute atomic E-state index is 0.0126. The van der Waals surface area contributed by atoms with Crippen molar-refractivity contribution in [3.8, 4) is 11.4 Å². The molecule has 1 spiro atoms. The molecule has 8 nitrogen and oxygen atoms in total. The van der Waals surface area contributed by atoms with Gasteiger partial charge in [-0.1, -0.05) is 6.92 Å². The molecule has 1 N–H and O–H groups in total. The number of methoxy groups -OCH3 is 1. The van der Waals surface area contributed by atoms with Crippen LogP contribution < -0.4 is 4.74 Å². The van der Waals surface area contributed by atoms with E-state index in [9.17, 15) is 9.90 Å². The minimum atomic E-state index is -0.397. The number of hydrogen-bond donors (Lipinski definition) is 1. The summed E-state index contributed by atoms with van der Waals surface area (Å²) in [6, 6.07) is 7.96. The molecule has 3 saturated heterocycles. The number of aliphatic hydroxyl groups excluding tert-OH is 1. The summed E-state index contributed by atoms with van der Waals surface area (Å²) in [5.41, 5.74) is 1.75. The van der Waals surface area contributed by atoms with Gasteiger partial charge in [0.05, 0.1) is 25.4 Å². The fraction of sp³-hybridized carbons (Fsp3) is 0.565. The van der Waals surface area contributed by atoms with Crippen LogP contribution in [0.4, 0.5) is 0 Å². The first-order valence-corrected chi connectivity index (χ1v) is 11.0. The zero-order valence-electron chi connectivity index (χ0n) is 18.1. The van der Waals surface area contributed by atoms with Gasteiger partial charge in [0, 0.05) is 63.4 Å². The van der Waals surface area contributed by atoms with Crippen LogP contribution in [-0.2, 0) is 16.1 Å². The lowest BCUT2D eigenvalue weighted by Gasteiger charge is -2.40. The summed E-state index contributed by atoms with van der Waals surface area (Å²) in [6.45, 7) is 5.51. The van der Waals surface area contributed by atoms with E-state index < -0.39 is 5.60 Å². The van der Waals surface area contributed by atoms with Crippen molar-refractivity contribution in [3.63, 3.8) is 0 Å². The molecule has 4 heterocycles. The van der Waals surface area contributed by atoms with Crippen LogP contribution >= 0.6 is 0 Å². The fourth-order valence-electron chi connectivity index (χ4n) is 5.75. The van der Waals surface area contributed by atoms with E-state index in [-0.39, 0.29) is 30.5 Å². The quantitative estimate of drug-likeness (QED) is 0.750. The molecule has 8 heteroatoms. The standard InChI is InChI=1S/C23H30N4O4/c1-3-22(29)26-11-19-18(13-28)21-12-25(14-23(19,15-26)31-21)10-16-9-17(30-2)5-6-20(16)27-8-4-7-24-27/h4-9,18-19,21,28H,3,10-15H2,1-2H3/t18-,19+,21+,23+/m0/s1. The third-order valence-electron chi connectivity index (χ3n) is 7.16. The first kappa shape index (κ1) is 20.5. The van der Waals surface area contributed by atoms with Gasteiger partial charge in [-0.2, -0.15) is 5.10 Å². The molecule has 0 saturated carbocycles. The number of carbonyl (C=O) groups is 1. The molecule has 3 aliphatic heterocycles. The van der Waals surface area contributed by atoms with E-state index in [4.69, 9.17) is 9.47 Å². The van der Waals surface area contributed by atoms with E-state index in [1.807, 2.05) is 40.9 Å². The molecule has 2 aromatic rings. The van der Waals surface area contributed by atoms with Crippen molar-refractivity contribution >= 4 is 5.91 Å². The monoisotopic (exact) mass is 426 g/mol. The second-order valence-corrected chi connectivity index (χ2v) is 8.92. The van der Waals surface area contributed by atoms with Crippen molar-refractivity contribution in [2.24, 2.45) is 11.8 Å². The molecule has 1 amide bonds. The van der Waals surface area contributed by atoms with Crippen molar-refractivity contribution in [1.82, 2.24) is 19.6 Å². The van der Waals surface area contributed by atoms with Crippen LogP contribution in [0.2, 0.25) is 0 Å². The van der Waals surface area contributed by atoms with Crippen molar-refractivity contribution in [2.75, 3.05) is 39.9 Å². The predicted molar refractivity (Wildman–Crippen MR) is 114 cm³/mol. The lowest BCUT2D eigenvalue weighted by molar-refractivity contribution is -0.138. The lowest BCUT2D eigenvalue weighted by Crippen LogP contribution is -2.54. The number of rotatable bonds is 6. The number of carbonyl (C=O) groups excluding carboxylic acids is 1. The molecule has 5 rings (SSSR count). The van der Waals surface area contributed by atoms with Gasteiger partial charge in [-0.05, 0) is 29.8 Å². The van der Waals surface area contributed by atoms with E-state index in [2.05, 4.69) is 16.1 Å². The first-order chi connectivity index (χ1) is 15.1. The number of likely N-dealkylation sites (tertiary alicyclic amines) is 2. The van der Waals surface area contributed by atoms with Gasteiger partial charge in [-0.15, -0.1) is 0 Å². The molecule has 1 aromatic carbocycles. The zero-order valence-corrected chi connectivity index (χ0v) is 18.1. The second kappa shape index (κ2) is 7.93. The highest BCUT2D eigenvalue weighted by atomic mass is 16.5. The van der Waals surface area contributed by atoms with Gasteiger partial charge >= 0.3 is 0 Å². The summed E-state index contributed by atoms with van der Waals surface area (Å²) in [4.78, 5) is 16.7. The van der Waals surface area contributed by atoms with Gasteiger partial charge in [0.25, 0.3) is 0 Å². The highest BCUT2D eigenvalue weighted by molar-refractivity contribution is 5.76. The number of fused-ring (bicyclic) bond motifs is 1. The lowest BCUT2D eigenvalue weighted by atomic mass is 9.83. The van der Waals surface area contributed by atoms with E-state index in [0.29, 0.717) is 19.5 Å². The maximum Gasteiger partial charge on any atom is 0.222 e. The fourth-order valence-corrected chi connectivity index (χ4v) is 5.75. The Kier molecular flexibility index (Phi) is 5.24. The topological polar surface area (TPSA) is 80.1 Å². The molecule has 1 aromatic heterocycles. The molecule has 3 fully saturated rings. The molecule has 31 heavy (non-hydrogen) atoms. The molecule has 3 aliphatic rings. The van der Waals surface area contributed by atoms with Gasteiger partial charge in [-0.25, -0.2) is 4.68 Å². The summed E-state index contributed by atoms with van der Waals surface area (Å²) in [6.07, 6.45) is 4.20. The van der Waals surface area contributed by atoms with Crippen LogP contribution in [0.1, 0.15) is 18.9 Å². The molecular formula is C23H30N4O4. The Morgan fingerprint density at radius 1 is 1.35 bits per heavy atom. The zero-order chi connectivity index (χ0) is 21.6. The Labute approximate surface area is 182 Å². The number of ether oxygens (including phenoxy) is 2. The summed E-state index contributed by atoms with van der Waals surface area (Å²) in [5.74, 6) is 1.22. The number of aromatic nitrogens is 2. The smallest absolute Gasteiger partial charge is 0.222 e. The average molecular weight is 427 g/mol. The maximum atomic E-state index is 12.4. The highest BCUT2D eigenvalue weighted by Gasteiger charge is 2.62. The predicted octanol–water partition coefficient (Wildman–Crippen LogP) is 1.31. The molecular weight excluding hydrogens is 396 g/mol. The minimum Gasteiger partial charge on any atom is -0.497 e. The van der Waals surface area contributed by atoms with Crippen molar-refractivity contribution in [3.05, 3.63) is 42.2 Å². The van der Waals surface area contributed by atoms with Crippen molar-refractivity contribution < 1.29 is 19.4 Å². The van der Waals surface area contributed by atoms with Gasteiger partial charge in [0.15, 0.2) is 0 Å². The van der Waals surface area contributed by atoms with Crippen LogP contribution in [0.25, 0.3) is 5.69 Å². The molecule has 0 unspecified atom stereocenters. The molecule has 0 aliphatic carbocycles. The Bertz CT molecular complexity index is 949. The summed E-state index contributed by atoms with van der Waals surface area (Å²) in [7, 11) is 1.68. The second-order valence-electron chi connectivity index (χ2n) is 8.92. The van der Waals surface area contributed by atoms with E-state index in [1.54, 1.807) is 13.3 Å². The van der Waals surface area contributed by atoms with Crippen LogP contribution in [0.15, 0.2) is 36.7 Å². The number of morpholine rings is 1. The SMILES string of the molecule is CCC(=O)N1C[C@@H]2[C@H](CO)[C@H]3CN(Cc4cc(OC)ccc4-n4cccn4)C[C@]2(C1)O3. The number of nitrogens with zero attached hydrogens (tertiary/aromatic N) is 4. The molecule has 4 atom stereocenters. The largest absolute Gasteiger partial charge is 0.497 e. The third kappa shape index (κ3) is 3.43. The molecule has 0 radical (unpaired) electrons. The number of benzene rings is 1. The Hall–Kier alpha value is -2.42. The van der Waals surface area contributed by atoms with E-state index in [0.717, 1.165) is 36.6 Å². The number of amides is 1. The molecule has 166 valence electrons. The van der Waals surface area contributed by atoms with Gasteiger partial charge in [0.2, 0.25) is 5.91 Å². The van der Waals surface area contributed by atoms with Gasteiger partial charge in [0.1, 0.15) is 11.4 Å². The average Bonchev–Trinajstić information content (AvgIpc) is 3.46. The Balaban J connectivity index is 1.43. The Morgan fingerprint density at radius 3 is 2.94 bits per heavy atom. The van der Waals surface area contributed by atoms with E-state index >= 15 is 0 Å². The van der Waals surface area contributed by atoms with Gasteiger partial charge < -0.3 is 19.5 Å². The summed E-state index contributed by atoms with van der Waals surface area (Å²) >= 11 is 0. The van der Waals surface area contributed by atoms with Gasteiger partial charge in [-0.3, -0.25) is 9.69 Å². The maximum absolute atomic E-state index is 12.4. The Morgan fingerprint density at radius 2 is 2.23 bits per heavy atom. The number of hydrogen-bond acceptors (Lipinski definition) is 6. The van der Waals surface area contributed by atoms with Crippen LogP contribution in [0.3, 0.4) is 0 Å². The highest BCUT2D eigenvalue weighted by Crippen LogP contribution is 2.49. The first-order valence-electron chi connectivity index (χ1n) is 11.0. The van der Waals surface area contributed by atoms with Crippen molar-refractivity contribution in [2.45, 2.75) is 31.6 Å². The van der Waals surface area contributed by atoms with Crippen LogP contribution in [0, 0.1) is 11.8 Å². The summed E-state index contributed by atoms with van der Waals surface area (Å²) in [5, 5.41) is 14.5.